The van der Waals surface area contributed by atoms with Gasteiger partial charge in [0.1, 0.15) is 11.5 Å². The molecule has 106 valence electrons. The number of halogens is 1. The lowest BCUT2D eigenvalue weighted by molar-refractivity contribution is 0.531. The number of nitrogens with one attached hydrogen (secondary N) is 1. The van der Waals surface area contributed by atoms with E-state index in [0.717, 1.165) is 27.2 Å². The van der Waals surface area contributed by atoms with Crippen molar-refractivity contribution < 1.29 is 4.42 Å². The largest absolute Gasteiger partial charge is 0.459 e. The Morgan fingerprint density at radius 2 is 1.62 bits per heavy atom. The van der Waals surface area contributed by atoms with Crippen molar-refractivity contribution in [2.45, 2.75) is 13.5 Å². The standard InChI is InChI=1S/C18H16BrNO/c1-13-2-8-16(9-3-13)20-12-17-10-11-18(21-17)14-4-6-15(19)7-5-14/h2-11,20H,12H2,1H3. The third-order valence-corrected chi connectivity index (χ3v) is 3.84. The molecule has 0 bridgehead atoms. The Bertz CT molecular complexity index is 714. The number of anilines is 1. The molecule has 0 amide bonds. The molecule has 2 nitrogen and oxygen atoms in total. The summed E-state index contributed by atoms with van der Waals surface area (Å²) < 4.78 is 6.95. The highest BCUT2D eigenvalue weighted by atomic mass is 79.9. The number of rotatable bonds is 4. The minimum Gasteiger partial charge on any atom is -0.459 e. The Kier molecular flexibility index (Phi) is 4.11. The van der Waals surface area contributed by atoms with Crippen molar-refractivity contribution in [1.29, 1.82) is 0 Å². The van der Waals surface area contributed by atoms with Crippen LogP contribution in [0.15, 0.2) is 69.6 Å². The SMILES string of the molecule is Cc1ccc(NCc2ccc(-c3ccc(Br)cc3)o2)cc1. The monoisotopic (exact) mass is 341 g/mol. The molecule has 1 aromatic heterocycles. The van der Waals surface area contributed by atoms with Crippen molar-refractivity contribution in [3.8, 4) is 11.3 Å². The minimum absolute atomic E-state index is 0.680. The fourth-order valence-corrected chi connectivity index (χ4v) is 2.37. The van der Waals surface area contributed by atoms with E-state index in [-0.39, 0.29) is 0 Å². The van der Waals surface area contributed by atoms with Crippen molar-refractivity contribution in [2.75, 3.05) is 5.32 Å². The average molecular weight is 342 g/mol. The zero-order chi connectivity index (χ0) is 14.7. The van der Waals surface area contributed by atoms with E-state index in [1.807, 2.05) is 36.4 Å². The summed E-state index contributed by atoms with van der Waals surface area (Å²) in [6, 6.07) is 20.5. The fraction of sp³-hybridized carbons (Fsp3) is 0.111. The van der Waals surface area contributed by atoms with Gasteiger partial charge in [-0.25, -0.2) is 0 Å². The van der Waals surface area contributed by atoms with E-state index in [0.29, 0.717) is 6.54 Å². The Morgan fingerprint density at radius 3 is 2.33 bits per heavy atom. The second-order valence-corrected chi connectivity index (χ2v) is 5.91. The van der Waals surface area contributed by atoms with Gasteiger partial charge >= 0.3 is 0 Å². The van der Waals surface area contributed by atoms with E-state index in [4.69, 9.17) is 4.42 Å². The van der Waals surface area contributed by atoms with Gasteiger partial charge in [-0.15, -0.1) is 0 Å². The second-order valence-electron chi connectivity index (χ2n) is 4.99. The normalized spacial score (nSPS) is 10.6. The Labute approximate surface area is 132 Å². The molecule has 0 aliphatic rings. The van der Waals surface area contributed by atoms with Crippen LogP contribution < -0.4 is 5.32 Å². The first-order chi connectivity index (χ1) is 10.2. The Balaban J connectivity index is 1.67. The smallest absolute Gasteiger partial charge is 0.134 e. The highest BCUT2D eigenvalue weighted by Crippen LogP contribution is 2.24. The Morgan fingerprint density at radius 1 is 0.905 bits per heavy atom. The lowest BCUT2D eigenvalue weighted by atomic mass is 10.2. The molecule has 0 aliphatic carbocycles. The first-order valence-corrected chi connectivity index (χ1v) is 7.65. The van der Waals surface area contributed by atoms with Crippen molar-refractivity contribution in [3.05, 3.63) is 76.5 Å². The molecular weight excluding hydrogens is 326 g/mol. The molecule has 3 rings (SSSR count). The van der Waals surface area contributed by atoms with Crippen molar-refractivity contribution in [1.82, 2.24) is 0 Å². The van der Waals surface area contributed by atoms with Gasteiger partial charge in [0.2, 0.25) is 0 Å². The molecule has 0 saturated carbocycles. The molecule has 0 aliphatic heterocycles. The first-order valence-electron chi connectivity index (χ1n) is 6.86. The third-order valence-electron chi connectivity index (χ3n) is 3.31. The molecule has 3 aromatic rings. The van der Waals surface area contributed by atoms with Gasteiger partial charge in [-0.1, -0.05) is 45.8 Å². The van der Waals surface area contributed by atoms with Gasteiger partial charge in [0.05, 0.1) is 6.54 Å². The summed E-state index contributed by atoms with van der Waals surface area (Å²) in [6.07, 6.45) is 0. The molecular formula is C18H16BrNO. The minimum atomic E-state index is 0.680. The molecule has 0 spiro atoms. The Hall–Kier alpha value is -2.00. The van der Waals surface area contributed by atoms with Crippen LogP contribution in [-0.2, 0) is 6.54 Å². The summed E-state index contributed by atoms with van der Waals surface area (Å²) >= 11 is 3.44. The molecule has 0 atom stereocenters. The quantitative estimate of drug-likeness (QED) is 0.665. The van der Waals surface area contributed by atoms with Crippen molar-refractivity contribution >= 4 is 21.6 Å². The van der Waals surface area contributed by atoms with Gasteiger partial charge in [0.25, 0.3) is 0 Å². The molecule has 3 heteroatoms. The molecule has 1 heterocycles. The van der Waals surface area contributed by atoms with E-state index >= 15 is 0 Å². The van der Waals surface area contributed by atoms with Crippen LogP contribution in [0.25, 0.3) is 11.3 Å². The summed E-state index contributed by atoms with van der Waals surface area (Å²) in [4.78, 5) is 0. The van der Waals surface area contributed by atoms with E-state index in [1.165, 1.54) is 5.56 Å². The number of furan rings is 1. The molecule has 21 heavy (non-hydrogen) atoms. The number of benzene rings is 2. The second kappa shape index (κ2) is 6.19. The predicted molar refractivity (Wildman–Crippen MR) is 90.3 cm³/mol. The summed E-state index contributed by atoms with van der Waals surface area (Å²) in [6.45, 7) is 2.76. The lowest BCUT2D eigenvalue weighted by Gasteiger charge is -2.04. The maximum absolute atomic E-state index is 5.88. The third kappa shape index (κ3) is 3.56. The summed E-state index contributed by atoms with van der Waals surface area (Å²) in [5.74, 6) is 1.82. The highest BCUT2D eigenvalue weighted by molar-refractivity contribution is 9.10. The van der Waals surface area contributed by atoms with Gasteiger partial charge < -0.3 is 9.73 Å². The maximum atomic E-state index is 5.88. The molecule has 0 saturated heterocycles. The molecule has 2 aromatic carbocycles. The predicted octanol–water partition coefficient (Wildman–Crippen LogP) is 5.63. The topological polar surface area (TPSA) is 25.2 Å². The molecule has 1 N–H and O–H groups in total. The van der Waals surface area contributed by atoms with Crippen LogP contribution in [0.3, 0.4) is 0 Å². The molecule has 0 unspecified atom stereocenters. The maximum Gasteiger partial charge on any atom is 0.134 e. The van der Waals surface area contributed by atoms with Crippen LogP contribution in [0.2, 0.25) is 0 Å². The van der Waals surface area contributed by atoms with Gasteiger partial charge in [-0.2, -0.15) is 0 Å². The van der Waals surface area contributed by atoms with Crippen LogP contribution in [0.4, 0.5) is 5.69 Å². The van der Waals surface area contributed by atoms with Crippen LogP contribution in [0, 0.1) is 6.92 Å². The zero-order valence-electron chi connectivity index (χ0n) is 11.8. The number of hydrogen-bond donors (Lipinski definition) is 1. The van der Waals surface area contributed by atoms with Crippen LogP contribution >= 0.6 is 15.9 Å². The van der Waals surface area contributed by atoms with Gasteiger partial charge in [0, 0.05) is 15.7 Å². The summed E-state index contributed by atoms with van der Waals surface area (Å²) in [7, 11) is 0. The van der Waals surface area contributed by atoms with Gasteiger partial charge in [-0.3, -0.25) is 0 Å². The fourth-order valence-electron chi connectivity index (χ4n) is 2.10. The van der Waals surface area contributed by atoms with Crippen LogP contribution in [0.5, 0.6) is 0 Å². The van der Waals surface area contributed by atoms with Gasteiger partial charge in [0.15, 0.2) is 0 Å². The zero-order valence-corrected chi connectivity index (χ0v) is 13.4. The van der Waals surface area contributed by atoms with Crippen molar-refractivity contribution in [2.24, 2.45) is 0 Å². The summed E-state index contributed by atoms with van der Waals surface area (Å²) in [5, 5.41) is 3.36. The summed E-state index contributed by atoms with van der Waals surface area (Å²) in [5.41, 5.74) is 3.44. The lowest BCUT2D eigenvalue weighted by Crippen LogP contribution is -1.97. The van der Waals surface area contributed by atoms with E-state index in [2.05, 4.69) is 52.4 Å². The van der Waals surface area contributed by atoms with E-state index < -0.39 is 0 Å². The average Bonchev–Trinajstić information content (AvgIpc) is 2.96. The first kappa shape index (κ1) is 14.0. The van der Waals surface area contributed by atoms with Crippen LogP contribution in [0.1, 0.15) is 11.3 Å². The van der Waals surface area contributed by atoms with Crippen molar-refractivity contribution in [3.63, 3.8) is 0 Å². The van der Waals surface area contributed by atoms with E-state index in [9.17, 15) is 0 Å². The number of hydrogen-bond acceptors (Lipinski definition) is 2. The van der Waals surface area contributed by atoms with Crippen LogP contribution in [-0.4, -0.2) is 0 Å². The number of aryl methyl sites for hydroxylation is 1. The van der Waals surface area contributed by atoms with E-state index in [1.54, 1.807) is 0 Å². The van der Waals surface area contributed by atoms with Gasteiger partial charge in [-0.05, 0) is 43.3 Å². The highest BCUT2D eigenvalue weighted by Gasteiger charge is 2.04. The molecule has 0 radical (unpaired) electrons. The molecule has 0 fully saturated rings.